The number of urea groups is 1. The number of carbonyl (C=O) groups is 1. The van der Waals surface area contributed by atoms with Crippen molar-refractivity contribution in [3.63, 3.8) is 0 Å². The van der Waals surface area contributed by atoms with Gasteiger partial charge in [0, 0.05) is 37.3 Å². The first kappa shape index (κ1) is 17.6. The Balaban J connectivity index is 1.46. The summed E-state index contributed by atoms with van der Waals surface area (Å²) in [6.45, 7) is 5.16. The maximum absolute atomic E-state index is 11.4. The minimum absolute atomic E-state index is 0.0288. The highest BCUT2D eigenvalue weighted by atomic mass is 16.5. The zero-order valence-electron chi connectivity index (χ0n) is 15.2. The van der Waals surface area contributed by atoms with Crippen LogP contribution in [-0.4, -0.2) is 43.8 Å². The summed E-state index contributed by atoms with van der Waals surface area (Å²) in [5, 5.41) is 5.72. The molecule has 0 saturated carbocycles. The molecule has 4 rings (SSSR count). The van der Waals surface area contributed by atoms with Gasteiger partial charge in [-0.15, -0.1) is 0 Å². The molecule has 2 aliphatic heterocycles. The van der Waals surface area contributed by atoms with E-state index in [9.17, 15) is 4.79 Å². The van der Waals surface area contributed by atoms with Crippen molar-refractivity contribution in [1.82, 2.24) is 15.5 Å². The lowest BCUT2D eigenvalue weighted by Gasteiger charge is -2.26. The average molecular weight is 361 g/mol. The lowest BCUT2D eigenvalue weighted by Crippen LogP contribution is -2.35. The zero-order valence-corrected chi connectivity index (χ0v) is 15.2. The average Bonchev–Trinajstić information content (AvgIpc) is 3.15. The van der Waals surface area contributed by atoms with Crippen molar-refractivity contribution in [3.8, 4) is 11.8 Å². The van der Waals surface area contributed by atoms with Gasteiger partial charge in [-0.2, -0.15) is 0 Å². The van der Waals surface area contributed by atoms with Crippen molar-refractivity contribution in [3.05, 3.63) is 70.8 Å². The summed E-state index contributed by atoms with van der Waals surface area (Å²) in [6.07, 6.45) is 0. The van der Waals surface area contributed by atoms with E-state index in [0.717, 1.165) is 49.5 Å². The number of hydrogen-bond acceptors (Lipinski definition) is 3. The first-order valence-electron chi connectivity index (χ1n) is 9.32. The number of rotatable bonds is 3. The Kier molecular flexibility index (Phi) is 5.38. The van der Waals surface area contributed by atoms with Crippen molar-refractivity contribution in [1.29, 1.82) is 0 Å². The number of morpholine rings is 1. The molecule has 2 amide bonds. The number of benzene rings is 2. The molecule has 2 heterocycles. The Labute approximate surface area is 159 Å². The summed E-state index contributed by atoms with van der Waals surface area (Å²) in [5.74, 6) is 6.52. The normalized spacial score (nSPS) is 19.7. The minimum atomic E-state index is -0.126. The molecule has 2 aromatic carbocycles. The van der Waals surface area contributed by atoms with Crippen LogP contribution in [-0.2, 0) is 11.3 Å². The first-order valence-corrected chi connectivity index (χ1v) is 9.32. The summed E-state index contributed by atoms with van der Waals surface area (Å²) < 4.78 is 5.40. The molecule has 27 heavy (non-hydrogen) atoms. The number of ether oxygens (including phenoxy) is 1. The quantitative estimate of drug-likeness (QED) is 0.825. The van der Waals surface area contributed by atoms with Gasteiger partial charge in [0.1, 0.15) is 0 Å². The van der Waals surface area contributed by atoms with Crippen LogP contribution < -0.4 is 10.6 Å². The van der Waals surface area contributed by atoms with E-state index in [1.54, 1.807) is 0 Å². The summed E-state index contributed by atoms with van der Waals surface area (Å²) in [4.78, 5) is 13.8. The number of nitrogens with one attached hydrogen (secondary N) is 2. The molecule has 0 bridgehead atoms. The van der Waals surface area contributed by atoms with Crippen LogP contribution in [0.2, 0.25) is 0 Å². The Bertz CT molecular complexity index is 861. The molecule has 2 N–H and O–H groups in total. The molecule has 0 spiro atoms. The first-order chi connectivity index (χ1) is 13.3. The van der Waals surface area contributed by atoms with E-state index in [2.05, 4.69) is 51.6 Å². The Morgan fingerprint density at radius 1 is 1.04 bits per heavy atom. The van der Waals surface area contributed by atoms with Gasteiger partial charge < -0.3 is 15.4 Å². The van der Waals surface area contributed by atoms with Gasteiger partial charge in [-0.3, -0.25) is 4.90 Å². The van der Waals surface area contributed by atoms with Crippen molar-refractivity contribution >= 4 is 6.03 Å². The maximum atomic E-state index is 11.4. The lowest BCUT2D eigenvalue weighted by molar-refractivity contribution is 0.0342. The third-order valence-corrected chi connectivity index (χ3v) is 4.91. The van der Waals surface area contributed by atoms with E-state index in [1.807, 2.05) is 24.3 Å². The van der Waals surface area contributed by atoms with E-state index in [-0.39, 0.29) is 12.1 Å². The molecular weight excluding hydrogens is 338 g/mol. The van der Waals surface area contributed by atoms with E-state index in [1.165, 1.54) is 5.56 Å². The topological polar surface area (TPSA) is 53.6 Å². The van der Waals surface area contributed by atoms with Gasteiger partial charge in [-0.1, -0.05) is 42.2 Å². The van der Waals surface area contributed by atoms with Gasteiger partial charge in [0.05, 0.1) is 19.3 Å². The second-order valence-corrected chi connectivity index (χ2v) is 6.83. The number of nitrogens with zero attached hydrogens (tertiary/aromatic N) is 1. The fourth-order valence-electron chi connectivity index (χ4n) is 3.41. The second kappa shape index (κ2) is 8.26. The van der Waals surface area contributed by atoms with Crippen LogP contribution in [0.15, 0.2) is 48.5 Å². The number of carbonyl (C=O) groups excluding carboxylic acids is 1. The van der Waals surface area contributed by atoms with Crippen LogP contribution in [0, 0.1) is 11.8 Å². The molecule has 0 aromatic heterocycles. The van der Waals surface area contributed by atoms with E-state index < -0.39 is 0 Å². The molecule has 2 saturated heterocycles. The van der Waals surface area contributed by atoms with E-state index in [4.69, 9.17) is 4.74 Å². The van der Waals surface area contributed by atoms with Crippen LogP contribution in [0.5, 0.6) is 0 Å². The third kappa shape index (κ3) is 4.48. The SMILES string of the molecule is O=C1NCC(c2ccccc2C#Cc2ccc(CN3CCOCC3)cc2)N1. The minimum Gasteiger partial charge on any atom is -0.379 e. The van der Waals surface area contributed by atoms with Crippen molar-refractivity contribution < 1.29 is 9.53 Å². The fourth-order valence-corrected chi connectivity index (χ4v) is 3.41. The lowest BCUT2D eigenvalue weighted by atomic mass is 10.0. The number of amides is 2. The van der Waals surface area contributed by atoms with Crippen LogP contribution in [0.3, 0.4) is 0 Å². The molecule has 1 unspecified atom stereocenters. The second-order valence-electron chi connectivity index (χ2n) is 6.83. The fraction of sp³-hybridized carbons (Fsp3) is 0.318. The van der Waals surface area contributed by atoms with Crippen LogP contribution in [0.1, 0.15) is 28.3 Å². The van der Waals surface area contributed by atoms with Crippen LogP contribution in [0.25, 0.3) is 0 Å². The van der Waals surface area contributed by atoms with Crippen molar-refractivity contribution in [2.75, 3.05) is 32.8 Å². The molecule has 2 aliphatic rings. The van der Waals surface area contributed by atoms with E-state index >= 15 is 0 Å². The molecule has 1 atom stereocenters. The predicted molar refractivity (Wildman–Crippen MR) is 104 cm³/mol. The van der Waals surface area contributed by atoms with Crippen molar-refractivity contribution in [2.45, 2.75) is 12.6 Å². The Hall–Kier alpha value is -2.81. The predicted octanol–water partition coefficient (Wildman–Crippen LogP) is 2.27. The highest BCUT2D eigenvalue weighted by Gasteiger charge is 2.22. The Morgan fingerprint density at radius 2 is 1.81 bits per heavy atom. The molecule has 2 aromatic rings. The summed E-state index contributed by atoms with van der Waals surface area (Å²) in [7, 11) is 0. The smallest absolute Gasteiger partial charge is 0.315 e. The molecule has 0 aliphatic carbocycles. The van der Waals surface area contributed by atoms with E-state index in [0.29, 0.717) is 6.54 Å². The highest BCUT2D eigenvalue weighted by Crippen LogP contribution is 2.19. The standard InChI is InChI=1S/C22H23N3O2/c26-22-23-15-21(24-22)20-4-2-1-3-19(20)10-9-17-5-7-18(8-6-17)16-25-11-13-27-14-12-25/h1-8,21H,11-16H2,(H2,23,24,26). The maximum Gasteiger partial charge on any atom is 0.315 e. The summed E-state index contributed by atoms with van der Waals surface area (Å²) in [6, 6.07) is 16.3. The molecule has 0 radical (unpaired) electrons. The molecule has 2 fully saturated rings. The Morgan fingerprint density at radius 3 is 2.56 bits per heavy atom. The van der Waals surface area contributed by atoms with Gasteiger partial charge in [0.15, 0.2) is 0 Å². The van der Waals surface area contributed by atoms with Gasteiger partial charge in [0.25, 0.3) is 0 Å². The van der Waals surface area contributed by atoms with Gasteiger partial charge >= 0.3 is 6.03 Å². The number of hydrogen-bond donors (Lipinski definition) is 2. The molecule has 138 valence electrons. The molecular formula is C22H23N3O2. The van der Waals surface area contributed by atoms with Gasteiger partial charge in [-0.25, -0.2) is 4.79 Å². The van der Waals surface area contributed by atoms with Gasteiger partial charge in [-0.05, 0) is 29.3 Å². The van der Waals surface area contributed by atoms with Crippen LogP contribution in [0.4, 0.5) is 4.79 Å². The molecule has 5 heteroatoms. The largest absolute Gasteiger partial charge is 0.379 e. The van der Waals surface area contributed by atoms with Gasteiger partial charge in [0.2, 0.25) is 0 Å². The summed E-state index contributed by atoms with van der Waals surface area (Å²) in [5.41, 5.74) is 4.28. The zero-order chi connectivity index (χ0) is 18.5. The summed E-state index contributed by atoms with van der Waals surface area (Å²) >= 11 is 0. The monoisotopic (exact) mass is 361 g/mol. The third-order valence-electron chi connectivity index (χ3n) is 4.91. The van der Waals surface area contributed by atoms with Crippen molar-refractivity contribution in [2.24, 2.45) is 0 Å². The molecule has 5 nitrogen and oxygen atoms in total. The van der Waals surface area contributed by atoms with Crippen LogP contribution >= 0.6 is 0 Å². The highest BCUT2D eigenvalue weighted by molar-refractivity contribution is 5.77.